The van der Waals surface area contributed by atoms with Gasteiger partial charge in [-0.05, 0) is 25.0 Å². The molecular formula is C17H18N4O4S. The average molecular weight is 374 g/mol. The summed E-state index contributed by atoms with van der Waals surface area (Å²) in [6, 6.07) is 5.02. The number of anilines is 1. The van der Waals surface area contributed by atoms with Gasteiger partial charge in [-0.1, -0.05) is 30.2 Å². The second-order valence-corrected chi connectivity index (χ2v) is 7.52. The predicted molar refractivity (Wildman–Crippen MR) is 96.2 cm³/mol. The summed E-state index contributed by atoms with van der Waals surface area (Å²) < 4.78 is 6.14. The predicted octanol–water partition coefficient (Wildman–Crippen LogP) is 2.11. The highest BCUT2D eigenvalue weighted by atomic mass is 32.1. The van der Waals surface area contributed by atoms with Gasteiger partial charge in [0.1, 0.15) is 23.3 Å². The number of benzene rings is 1. The number of nitrogens with one attached hydrogen (secondary N) is 2. The first-order chi connectivity index (χ1) is 12.5. The number of methoxy groups -OCH3 is 1. The molecule has 1 aromatic carbocycles. The number of hydrogen-bond donors (Lipinski definition) is 2. The maximum absolute atomic E-state index is 12.6. The molecule has 0 atom stereocenters. The number of ether oxygens (including phenoxy) is 1. The summed E-state index contributed by atoms with van der Waals surface area (Å²) in [5, 5.41) is 5.83. The molecule has 1 spiro atoms. The van der Waals surface area contributed by atoms with Crippen molar-refractivity contribution in [3.05, 3.63) is 18.2 Å². The van der Waals surface area contributed by atoms with Crippen LogP contribution >= 0.6 is 11.3 Å². The molecule has 4 amide bonds. The summed E-state index contributed by atoms with van der Waals surface area (Å²) in [4.78, 5) is 42.4. The summed E-state index contributed by atoms with van der Waals surface area (Å²) in [6.45, 7) is -0.320. The lowest BCUT2D eigenvalue weighted by Crippen LogP contribution is -2.44. The molecule has 1 aliphatic heterocycles. The van der Waals surface area contributed by atoms with E-state index in [0.717, 1.165) is 22.4 Å². The Bertz CT molecular complexity index is 903. The van der Waals surface area contributed by atoms with Crippen molar-refractivity contribution < 1.29 is 19.1 Å². The van der Waals surface area contributed by atoms with Gasteiger partial charge in [0, 0.05) is 0 Å². The van der Waals surface area contributed by atoms with E-state index in [0.29, 0.717) is 29.2 Å². The fourth-order valence-corrected chi connectivity index (χ4v) is 4.48. The Morgan fingerprint density at radius 3 is 2.88 bits per heavy atom. The van der Waals surface area contributed by atoms with Crippen molar-refractivity contribution in [1.82, 2.24) is 15.2 Å². The molecule has 1 aliphatic carbocycles. The molecule has 2 heterocycles. The summed E-state index contributed by atoms with van der Waals surface area (Å²) in [6.07, 6.45) is 3.07. The Labute approximate surface area is 153 Å². The number of thiazole rings is 1. The Hall–Kier alpha value is -2.68. The molecule has 1 saturated carbocycles. The van der Waals surface area contributed by atoms with Gasteiger partial charge in [-0.25, -0.2) is 9.78 Å². The molecule has 2 N–H and O–H groups in total. The highest BCUT2D eigenvalue weighted by Crippen LogP contribution is 2.35. The van der Waals surface area contributed by atoms with Crippen molar-refractivity contribution in [3.63, 3.8) is 0 Å². The number of aromatic nitrogens is 1. The van der Waals surface area contributed by atoms with Crippen LogP contribution in [0.5, 0.6) is 5.75 Å². The van der Waals surface area contributed by atoms with E-state index in [2.05, 4.69) is 15.6 Å². The molecule has 26 heavy (non-hydrogen) atoms. The molecule has 8 nitrogen and oxygen atoms in total. The maximum Gasteiger partial charge on any atom is 0.325 e. The van der Waals surface area contributed by atoms with E-state index in [9.17, 15) is 14.4 Å². The topological polar surface area (TPSA) is 101 Å². The molecule has 2 fully saturated rings. The average Bonchev–Trinajstić information content (AvgIpc) is 3.30. The molecule has 0 radical (unpaired) electrons. The van der Waals surface area contributed by atoms with Gasteiger partial charge in [-0.15, -0.1) is 0 Å². The molecular weight excluding hydrogens is 356 g/mol. The van der Waals surface area contributed by atoms with Gasteiger partial charge in [0.15, 0.2) is 5.13 Å². The van der Waals surface area contributed by atoms with E-state index in [1.165, 1.54) is 11.3 Å². The van der Waals surface area contributed by atoms with Crippen molar-refractivity contribution >= 4 is 44.5 Å². The van der Waals surface area contributed by atoms with E-state index in [4.69, 9.17) is 4.74 Å². The summed E-state index contributed by atoms with van der Waals surface area (Å²) in [5.74, 6) is -0.140. The van der Waals surface area contributed by atoms with E-state index in [-0.39, 0.29) is 12.5 Å². The summed E-state index contributed by atoms with van der Waals surface area (Å²) >= 11 is 1.31. The van der Waals surface area contributed by atoms with Crippen molar-refractivity contribution in [2.24, 2.45) is 0 Å². The van der Waals surface area contributed by atoms with Crippen LogP contribution in [0.3, 0.4) is 0 Å². The molecule has 9 heteroatoms. The fraction of sp³-hybridized carbons (Fsp3) is 0.412. The number of urea groups is 1. The summed E-state index contributed by atoms with van der Waals surface area (Å²) in [7, 11) is 1.56. The first kappa shape index (κ1) is 16.8. The molecule has 1 aromatic heterocycles. The number of imide groups is 1. The Morgan fingerprint density at radius 2 is 2.15 bits per heavy atom. The minimum Gasteiger partial charge on any atom is -0.494 e. The van der Waals surface area contributed by atoms with E-state index >= 15 is 0 Å². The molecule has 2 aliphatic rings. The van der Waals surface area contributed by atoms with Crippen molar-refractivity contribution in [3.8, 4) is 5.75 Å². The fourth-order valence-electron chi connectivity index (χ4n) is 3.58. The molecule has 136 valence electrons. The van der Waals surface area contributed by atoms with Gasteiger partial charge in [0.05, 0.1) is 11.8 Å². The number of rotatable bonds is 4. The van der Waals surface area contributed by atoms with Crippen molar-refractivity contribution in [1.29, 1.82) is 0 Å². The van der Waals surface area contributed by atoms with Gasteiger partial charge in [-0.3, -0.25) is 14.5 Å². The van der Waals surface area contributed by atoms with Crippen LogP contribution in [0.25, 0.3) is 10.2 Å². The van der Waals surface area contributed by atoms with E-state index in [1.807, 2.05) is 12.1 Å². The highest BCUT2D eigenvalue weighted by molar-refractivity contribution is 7.22. The van der Waals surface area contributed by atoms with Crippen LogP contribution in [-0.4, -0.2) is 46.9 Å². The SMILES string of the molecule is COc1cccc2sc(NC(=O)CN3C(=O)NC4(CCCC4)C3=O)nc12. The smallest absolute Gasteiger partial charge is 0.325 e. The number of fused-ring (bicyclic) bond motifs is 1. The van der Waals surface area contributed by atoms with Gasteiger partial charge >= 0.3 is 6.03 Å². The largest absolute Gasteiger partial charge is 0.494 e. The number of para-hydroxylation sites is 1. The van der Waals surface area contributed by atoms with Crippen LogP contribution in [0.1, 0.15) is 25.7 Å². The zero-order valence-electron chi connectivity index (χ0n) is 14.2. The van der Waals surface area contributed by atoms with E-state index < -0.39 is 17.5 Å². The first-order valence-electron chi connectivity index (χ1n) is 8.40. The zero-order chi connectivity index (χ0) is 18.3. The zero-order valence-corrected chi connectivity index (χ0v) is 15.0. The molecule has 1 saturated heterocycles. The van der Waals surface area contributed by atoms with Crippen molar-refractivity contribution in [2.75, 3.05) is 19.0 Å². The quantitative estimate of drug-likeness (QED) is 0.799. The number of hydrogen-bond acceptors (Lipinski definition) is 6. The Morgan fingerprint density at radius 1 is 1.38 bits per heavy atom. The first-order valence-corrected chi connectivity index (χ1v) is 9.21. The lowest BCUT2D eigenvalue weighted by atomic mass is 9.98. The minimum absolute atomic E-state index is 0.305. The van der Waals surface area contributed by atoms with Gasteiger partial charge in [0.25, 0.3) is 5.91 Å². The third-order valence-corrected chi connectivity index (χ3v) is 5.79. The Balaban J connectivity index is 1.47. The Kier molecular flexibility index (Phi) is 4.03. The maximum atomic E-state index is 12.6. The highest BCUT2D eigenvalue weighted by Gasteiger charge is 2.52. The third-order valence-electron chi connectivity index (χ3n) is 4.85. The van der Waals surface area contributed by atoms with Gasteiger partial charge < -0.3 is 15.4 Å². The molecule has 4 rings (SSSR count). The van der Waals surface area contributed by atoms with Crippen LogP contribution in [0.4, 0.5) is 9.93 Å². The second-order valence-electron chi connectivity index (χ2n) is 6.48. The standard InChI is InChI=1S/C17H18N4O4S/c1-25-10-5-4-6-11-13(10)19-15(26-11)18-12(22)9-21-14(23)17(20-16(21)24)7-2-3-8-17/h4-6H,2-3,7-9H2,1H3,(H,20,24)(H,18,19,22). The lowest BCUT2D eigenvalue weighted by molar-refractivity contribution is -0.133. The summed E-state index contributed by atoms with van der Waals surface area (Å²) in [5.41, 5.74) is -0.143. The molecule has 0 unspecified atom stereocenters. The van der Waals surface area contributed by atoms with Crippen LogP contribution in [-0.2, 0) is 9.59 Å². The third kappa shape index (κ3) is 2.68. The number of carbonyl (C=O) groups excluding carboxylic acids is 3. The monoisotopic (exact) mass is 374 g/mol. The van der Waals surface area contributed by atoms with Crippen molar-refractivity contribution in [2.45, 2.75) is 31.2 Å². The number of nitrogens with zero attached hydrogens (tertiary/aromatic N) is 2. The van der Waals surface area contributed by atoms with E-state index in [1.54, 1.807) is 13.2 Å². The molecule has 0 bridgehead atoms. The van der Waals surface area contributed by atoms with Crippen LogP contribution < -0.4 is 15.4 Å². The van der Waals surface area contributed by atoms with Gasteiger partial charge in [-0.2, -0.15) is 0 Å². The number of carbonyl (C=O) groups is 3. The van der Waals surface area contributed by atoms with Crippen LogP contribution in [0.15, 0.2) is 18.2 Å². The second kappa shape index (κ2) is 6.24. The van der Waals surface area contributed by atoms with Crippen LogP contribution in [0.2, 0.25) is 0 Å². The normalized spacial score (nSPS) is 18.6. The molecule has 2 aromatic rings. The van der Waals surface area contributed by atoms with Crippen LogP contribution in [0, 0.1) is 0 Å². The lowest BCUT2D eigenvalue weighted by Gasteiger charge is -2.19. The number of amides is 4. The minimum atomic E-state index is -0.805. The van der Waals surface area contributed by atoms with Gasteiger partial charge in [0.2, 0.25) is 5.91 Å².